The number of hydrogen-bond donors (Lipinski definition) is 4. The number of nitrogens with zero attached hydrogens (tertiary/aromatic N) is 5. The van der Waals surface area contributed by atoms with Crippen LogP contribution in [0.15, 0.2) is 103 Å². The normalized spacial score (nSPS) is 17.7. The average Bonchev–Trinajstić information content (AvgIpc) is 3.28. The first kappa shape index (κ1) is 41.6. The van der Waals surface area contributed by atoms with E-state index in [2.05, 4.69) is 58.1 Å². The van der Waals surface area contributed by atoms with E-state index in [1.54, 1.807) is 48.5 Å². The molecule has 0 saturated carbocycles. The molecular weight excluding hydrogens is 797 g/mol. The quantitative estimate of drug-likeness (QED) is 0.0829. The van der Waals surface area contributed by atoms with Crippen LogP contribution >= 0.6 is 11.6 Å². The van der Waals surface area contributed by atoms with E-state index in [4.69, 9.17) is 16.3 Å². The van der Waals surface area contributed by atoms with Gasteiger partial charge in [-0.2, -0.15) is 4.98 Å². The van der Waals surface area contributed by atoms with Crippen LogP contribution in [0.5, 0.6) is 5.75 Å². The Labute approximate surface area is 359 Å². The van der Waals surface area contributed by atoms with Crippen LogP contribution in [0.25, 0.3) is 0 Å². The molecule has 0 radical (unpaired) electrons. The number of para-hydroxylation sites is 1. The fraction of sp³-hybridized carbons (Fsp3) is 0.326. The molecule has 3 amide bonds. The minimum atomic E-state index is -0.620. The second-order valence-corrected chi connectivity index (χ2v) is 16.1. The molecule has 1 atom stereocenters. The number of halogens is 2. The lowest BCUT2D eigenvalue weighted by Crippen LogP contribution is -2.49. The Morgan fingerprint density at radius 2 is 1.48 bits per heavy atom. The van der Waals surface area contributed by atoms with Gasteiger partial charge in [-0.15, -0.1) is 0 Å². The van der Waals surface area contributed by atoms with E-state index in [-0.39, 0.29) is 35.4 Å². The number of imide groups is 1. The van der Waals surface area contributed by atoms with Gasteiger partial charge in [-0.05, 0) is 117 Å². The van der Waals surface area contributed by atoms with Crippen molar-refractivity contribution in [2.24, 2.45) is 5.92 Å². The summed E-state index contributed by atoms with van der Waals surface area (Å²) in [7, 11) is 0. The van der Waals surface area contributed by atoms with Crippen molar-refractivity contribution in [3.63, 3.8) is 0 Å². The highest BCUT2D eigenvalue weighted by molar-refractivity contribution is 6.33. The van der Waals surface area contributed by atoms with Gasteiger partial charge in [0.15, 0.2) is 11.6 Å². The third kappa shape index (κ3) is 11.0. The summed E-state index contributed by atoms with van der Waals surface area (Å²) in [5, 5.41) is 11.8. The van der Waals surface area contributed by atoms with E-state index < -0.39 is 5.82 Å². The maximum atomic E-state index is 14.7. The van der Waals surface area contributed by atoms with E-state index in [1.165, 1.54) is 5.69 Å². The SMILES string of the molecule is O=C1CCC(c2ccc(N3CCN(CCN4CCC(COc5ccc(Nc6ncc(F)c(Nc7ccc(C(=O)Nc8ccccc8Cl)cc7)n6)cc5)CC4)CC3)cc2)C(=O)N1. The van der Waals surface area contributed by atoms with Crippen LogP contribution in [0.4, 0.5) is 38.9 Å². The van der Waals surface area contributed by atoms with Gasteiger partial charge < -0.3 is 30.5 Å². The number of anilines is 6. The molecule has 5 aromatic rings. The molecule has 316 valence electrons. The molecule has 1 aromatic heterocycles. The van der Waals surface area contributed by atoms with Gasteiger partial charge in [0.05, 0.1) is 29.4 Å². The van der Waals surface area contributed by atoms with Gasteiger partial charge in [0.25, 0.3) is 5.91 Å². The highest BCUT2D eigenvalue weighted by Crippen LogP contribution is 2.28. The number of hydrogen-bond acceptors (Lipinski definition) is 11. The molecule has 3 fully saturated rings. The van der Waals surface area contributed by atoms with E-state index in [9.17, 15) is 18.8 Å². The van der Waals surface area contributed by atoms with Crippen molar-refractivity contribution < 1.29 is 23.5 Å². The summed E-state index contributed by atoms with van der Waals surface area (Å²) in [4.78, 5) is 52.4. The fourth-order valence-corrected chi connectivity index (χ4v) is 8.09. The molecule has 3 aliphatic heterocycles. The largest absolute Gasteiger partial charge is 0.493 e. The zero-order chi connectivity index (χ0) is 42.1. The van der Waals surface area contributed by atoms with Crippen molar-refractivity contribution in [1.82, 2.24) is 25.1 Å². The lowest BCUT2D eigenvalue weighted by molar-refractivity contribution is -0.134. The summed E-state index contributed by atoms with van der Waals surface area (Å²) >= 11 is 6.16. The number of likely N-dealkylation sites (tertiary alicyclic amines) is 1. The van der Waals surface area contributed by atoms with Crippen molar-refractivity contribution in [3.8, 4) is 5.75 Å². The van der Waals surface area contributed by atoms with Crippen molar-refractivity contribution in [3.05, 3.63) is 125 Å². The Bertz CT molecular complexity index is 2300. The van der Waals surface area contributed by atoms with Gasteiger partial charge in [-0.25, -0.2) is 9.37 Å². The number of ether oxygens (including phenoxy) is 1. The highest BCUT2D eigenvalue weighted by atomic mass is 35.5. The van der Waals surface area contributed by atoms with Gasteiger partial charge in [-0.3, -0.25) is 24.6 Å². The number of aromatic nitrogens is 2. The molecule has 4 aromatic carbocycles. The molecule has 13 nitrogen and oxygen atoms in total. The van der Waals surface area contributed by atoms with E-state index in [0.29, 0.717) is 47.3 Å². The molecule has 3 saturated heterocycles. The van der Waals surface area contributed by atoms with Crippen molar-refractivity contribution in [2.45, 2.75) is 31.6 Å². The number of carbonyl (C=O) groups excluding carboxylic acids is 3. The van der Waals surface area contributed by atoms with Crippen LogP contribution in [-0.4, -0.2) is 96.5 Å². The molecule has 61 heavy (non-hydrogen) atoms. The van der Waals surface area contributed by atoms with Crippen LogP contribution < -0.4 is 30.9 Å². The molecule has 0 bridgehead atoms. The van der Waals surface area contributed by atoms with Crippen molar-refractivity contribution in [1.29, 1.82) is 0 Å². The first-order valence-corrected chi connectivity index (χ1v) is 21.2. The van der Waals surface area contributed by atoms with E-state index in [1.807, 2.05) is 36.4 Å². The molecule has 8 rings (SSSR count). The monoisotopic (exact) mass is 845 g/mol. The summed E-state index contributed by atoms with van der Waals surface area (Å²) in [5.74, 6) is -0.0762. The predicted octanol–water partition coefficient (Wildman–Crippen LogP) is 7.44. The summed E-state index contributed by atoms with van der Waals surface area (Å²) in [6.07, 6.45) is 4.26. The Kier molecular flexibility index (Phi) is 13.3. The number of rotatable bonds is 14. The number of amides is 3. The summed E-state index contributed by atoms with van der Waals surface area (Å²) in [6, 6.07) is 29.4. The number of carbonyl (C=O) groups is 3. The molecule has 4 heterocycles. The fourth-order valence-electron chi connectivity index (χ4n) is 7.91. The van der Waals surface area contributed by atoms with Crippen LogP contribution in [0.2, 0.25) is 5.02 Å². The topological polar surface area (TPSA) is 144 Å². The standard InChI is InChI=1S/C46H49ClFN9O4/c47-39-3-1-2-4-41(39)52-44(59)33-5-9-34(10-6-33)50-43-40(48)29-49-46(54-43)51-35-11-15-37(16-12-35)61-30-31-19-21-55(22-20-31)23-24-56-25-27-57(28-26-56)36-13-7-32(8-14-36)38-17-18-42(58)53-45(38)60/h1-16,29,31,38H,17-28,30H2,(H,52,59)(H,53,58,60)(H2,49,50,51,54). The van der Waals surface area contributed by atoms with E-state index >= 15 is 0 Å². The van der Waals surface area contributed by atoms with E-state index in [0.717, 1.165) is 88.4 Å². The van der Waals surface area contributed by atoms with Crippen LogP contribution in [0, 0.1) is 11.7 Å². The molecule has 15 heteroatoms. The number of piperidine rings is 2. The van der Waals surface area contributed by atoms with Gasteiger partial charge in [0.1, 0.15) is 5.75 Å². The summed E-state index contributed by atoms with van der Waals surface area (Å²) < 4.78 is 20.9. The average molecular weight is 846 g/mol. The molecule has 0 spiro atoms. The smallest absolute Gasteiger partial charge is 0.255 e. The molecule has 3 aliphatic rings. The van der Waals surface area contributed by atoms with Gasteiger partial charge >= 0.3 is 0 Å². The number of nitrogens with one attached hydrogen (secondary N) is 4. The molecule has 0 aliphatic carbocycles. The van der Waals surface area contributed by atoms with Crippen LogP contribution in [-0.2, 0) is 9.59 Å². The Hall–Kier alpha value is -6.09. The highest BCUT2D eigenvalue weighted by Gasteiger charge is 2.28. The maximum Gasteiger partial charge on any atom is 0.255 e. The van der Waals surface area contributed by atoms with Crippen molar-refractivity contribution >= 4 is 63.8 Å². The van der Waals surface area contributed by atoms with Crippen molar-refractivity contribution in [2.75, 3.05) is 79.8 Å². The first-order chi connectivity index (χ1) is 29.7. The number of benzene rings is 4. The third-order valence-electron chi connectivity index (χ3n) is 11.6. The predicted molar refractivity (Wildman–Crippen MR) is 236 cm³/mol. The molecule has 1 unspecified atom stereocenters. The Morgan fingerprint density at radius 3 is 2.18 bits per heavy atom. The van der Waals surface area contributed by atoms with Gasteiger partial charge in [0.2, 0.25) is 17.8 Å². The lowest BCUT2D eigenvalue weighted by Gasteiger charge is -2.38. The molecule has 4 N–H and O–H groups in total. The Morgan fingerprint density at radius 1 is 0.803 bits per heavy atom. The minimum Gasteiger partial charge on any atom is -0.493 e. The van der Waals surface area contributed by atoms with Gasteiger partial charge in [0, 0.05) is 68.3 Å². The zero-order valence-corrected chi connectivity index (χ0v) is 34.5. The van der Waals surface area contributed by atoms with Gasteiger partial charge in [-0.1, -0.05) is 35.9 Å². The number of piperazine rings is 1. The lowest BCUT2D eigenvalue weighted by atomic mass is 9.90. The minimum absolute atomic E-state index is 0.0100. The zero-order valence-electron chi connectivity index (χ0n) is 33.8. The first-order valence-electron chi connectivity index (χ1n) is 20.8. The molecular formula is C46H49ClFN9O4. The summed E-state index contributed by atoms with van der Waals surface area (Å²) in [6.45, 7) is 8.92. The maximum absolute atomic E-state index is 14.7. The van der Waals surface area contributed by atoms with Crippen LogP contribution in [0.1, 0.15) is 47.5 Å². The second kappa shape index (κ2) is 19.5. The Balaban J connectivity index is 0.723. The van der Waals surface area contributed by atoms with Crippen LogP contribution in [0.3, 0.4) is 0 Å². The second-order valence-electron chi connectivity index (χ2n) is 15.7. The summed E-state index contributed by atoms with van der Waals surface area (Å²) in [5.41, 5.74) is 4.35. The third-order valence-corrected chi connectivity index (χ3v) is 11.9.